The van der Waals surface area contributed by atoms with Gasteiger partial charge in [-0.15, -0.1) is 0 Å². The summed E-state index contributed by atoms with van der Waals surface area (Å²) < 4.78 is 2.35. The first-order valence-corrected chi connectivity index (χ1v) is 9.23. The fourth-order valence-corrected chi connectivity index (χ4v) is 4.73. The second kappa shape index (κ2) is 6.46. The number of carbonyl (C=O) groups is 1. The van der Waals surface area contributed by atoms with Crippen LogP contribution in [-0.4, -0.2) is 15.6 Å². The minimum absolute atomic E-state index is 0.148. The summed E-state index contributed by atoms with van der Waals surface area (Å²) in [7, 11) is 0. The first-order valence-electron chi connectivity index (χ1n) is 9.23. The van der Waals surface area contributed by atoms with E-state index in [1.54, 1.807) is 0 Å². The molecule has 1 aromatic heterocycles. The van der Waals surface area contributed by atoms with E-state index in [-0.39, 0.29) is 6.42 Å². The molecule has 0 saturated heterocycles. The SMILES string of the molecule is O=C(O)Cc1c(C2CCCCC2)cc2n1C(c1ccccc1)CC2. The van der Waals surface area contributed by atoms with E-state index in [1.807, 2.05) is 6.07 Å². The summed E-state index contributed by atoms with van der Waals surface area (Å²) in [6.45, 7) is 0. The van der Waals surface area contributed by atoms with Gasteiger partial charge in [0.05, 0.1) is 12.5 Å². The van der Waals surface area contributed by atoms with Crippen LogP contribution in [0.15, 0.2) is 36.4 Å². The number of hydrogen-bond donors (Lipinski definition) is 1. The maximum absolute atomic E-state index is 11.5. The standard InChI is InChI=1S/C21H25NO2/c23-21(24)14-20-18(15-7-3-1-4-8-15)13-17-11-12-19(22(17)20)16-9-5-2-6-10-16/h2,5-6,9-10,13,15,19H,1,3-4,7-8,11-12,14H2,(H,23,24). The lowest BCUT2D eigenvalue weighted by Crippen LogP contribution is -2.16. The lowest BCUT2D eigenvalue weighted by Gasteiger charge is -2.24. The number of nitrogens with zero attached hydrogens (tertiary/aromatic N) is 1. The van der Waals surface area contributed by atoms with Crippen molar-refractivity contribution in [2.75, 3.05) is 0 Å². The van der Waals surface area contributed by atoms with Gasteiger partial charge >= 0.3 is 5.97 Å². The van der Waals surface area contributed by atoms with Crippen LogP contribution in [0.2, 0.25) is 0 Å². The van der Waals surface area contributed by atoms with Crippen molar-refractivity contribution in [1.29, 1.82) is 0 Å². The van der Waals surface area contributed by atoms with Crippen molar-refractivity contribution < 1.29 is 9.90 Å². The number of carboxylic acid groups (broad SMARTS) is 1. The number of aryl methyl sites for hydroxylation is 1. The number of rotatable bonds is 4. The van der Waals surface area contributed by atoms with Crippen molar-refractivity contribution in [3.63, 3.8) is 0 Å². The van der Waals surface area contributed by atoms with Gasteiger partial charge in [-0.25, -0.2) is 0 Å². The molecule has 2 aliphatic rings. The second-order valence-electron chi connectivity index (χ2n) is 7.28. The van der Waals surface area contributed by atoms with Crippen molar-refractivity contribution in [3.05, 3.63) is 58.9 Å². The van der Waals surface area contributed by atoms with Gasteiger partial charge in [-0.1, -0.05) is 49.6 Å². The van der Waals surface area contributed by atoms with Crippen LogP contribution in [0.3, 0.4) is 0 Å². The van der Waals surface area contributed by atoms with Gasteiger partial charge < -0.3 is 9.67 Å². The van der Waals surface area contributed by atoms with Gasteiger partial charge in [-0.3, -0.25) is 4.79 Å². The fraction of sp³-hybridized carbons (Fsp3) is 0.476. The molecule has 24 heavy (non-hydrogen) atoms. The summed E-state index contributed by atoms with van der Waals surface area (Å²) in [6, 6.07) is 13.2. The summed E-state index contributed by atoms with van der Waals surface area (Å²) in [4.78, 5) is 11.5. The van der Waals surface area contributed by atoms with Gasteiger partial charge in [0, 0.05) is 11.4 Å². The molecule has 126 valence electrons. The number of aromatic nitrogens is 1. The quantitative estimate of drug-likeness (QED) is 0.886. The van der Waals surface area contributed by atoms with Gasteiger partial charge in [0.1, 0.15) is 0 Å². The fourth-order valence-electron chi connectivity index (χ4n) is 4.73. The van der Waals surface area contributed by atoms with Crippen LogP contribution >= 0.6 is 0 Å². The molecule has 0 amide bonds. The van der Waals surface area contributed by atoms with E-state index in [1.165, 1.54) is 48.9 Å². The Morgan fingerprint density at radius 3 is 2.54 bits per heavy atom. The molecule has 1 atom stereocenters. The maximum Gasteiger partial charge on any atom is 0.309 e. The largest absolute Gasteiger partial charge is 0.481 e. The Hall–Kier alpha value is -2.03. The Labute approximate surface area is 143 Å². The maximum atomic E-state index is 11.5. The zero-order valence-corrected chi connectivity index (χ0v) is 14.1. The highest BCUT2D eigenvalue weighted by molar-refractivity contribution is 5.70. The van der Waals surface area contributed by atoms with Crippen molar-refractivity contribution in [1.82, 2.24) is 4.57 Å². The van der Waals surface area contributed by atoms with Gasteiger partial charge in [0.25, 0.3) is 0 Å². The first-order chi connectivity index (χ1) is 11.7. The van der Waals surface area contributed by atoms with Crippen LogP contribution in [0.4, 0.5) is 0 Å². The zero-order valence-electron chi connectivity index (χ0n) is 14.1. The molecule has 0 bridgehead atoms. The highest BCUT2D eigenvalue weighted by Gasteiger charge is 2.31. The Morgan fingerprint density at radius 1 is 1.08 bits per heavy atom. The average molecular weight is 323 g/mol. The van der Waals surface area contributed by atoms with E-state index < -0.39 is 5.97 Å². The number of carboxylic acids is 1. The predicted molar refractivity (Wildman–Crippen MR) is 94.5 cm³/mol. The van der Waals surface area contributed by atoms with Gasteiger partial charge in [0.15, 0.2) is 0 Å². The lowest BCUT2D eigenvalue weighted by atomic mass is 9.83. The number of aliphatic carboxylic acids is 1. The normalized spacial score (nSPS) is 20.9. The average Bonchev–Trinajstić information content (AvgIpc) is 3.16. The van der Waals surface area contributed by atoms with E-state index in [2.05, 4.69) is 34.9 Å². The molecule has 4 rings (SSSR count). The minimum atomic E-state index is -0.716. The van der Waals surface area contributed by atoms with Crippen LogP contribution in [0.5, 0.6) is 0 Å². The highest BCUT2D eigenvalue weighted by Crippen LogP contribution is 2.42. The molecular weight excluding hydrogens is 298 g/mol. The molecule has 2 aromatic rings. The molecule has 0 radical (unpaired) electrons. The summed E-state index contributed by atoms with van der Waals surface area (Å²) >= 11 is 0. The molecular formula is C21H25NO2. The Kier molecular flexibility index (Phi) is 4.17. The highest BCUT2D eigenvalue weighted by atomic mass is 16.4. The third-order valence-corrected chi connectivity index (χ3v) is 5.79. The Morgan fingerprint density at radius 2 is 1.83 bits per heavy atom. The molecule has 1 N–H and O–H groups in total. The van der Waals surface area contributed by atoms with E-state index in [0.717, 1.165) is 18.5 Å². The molecule has 1 fully saturated rings. The molecule has 1 aliphatic carbocycles. The lowest BCUT2D eigenvalue weighted by molar-refractivity contribution is -0.136. The van der Waals surface area contributed by atoms with E-state index >= 15 is 0 Å². The third-order valence-electron chi connectivity index (χ3n) is 5.79. The number of fused-ring (bicyclic) bond motifs is 1. The van der Waals surface area contributed by atoms with Crippen LogP contribution in [-0.2, 0) is 17.6 Å². The van der Waals surface area contributed by atoms with E-state index in [4.69, 9.17) is 0 Å². The number of hydrogen-bond acceptors (Lipinski definition) is 1. The van der Waals surface area contributed by atoms with Crippen molar-refractivity contribution in [3.8, 4) is 0 Å². The molecule has 1 unspecified atom stereocenters. The van der Waals surface area contributed by atoms with Crippen LogP contribution in [0.25, 0.3) is 0 Å². The molecule has 3 heteroatoms. The number of benzene rings is 1. The smallest absolute Gasteiger partial charge is 0.309 e. The van der Waals surface area contributed by atoms with Crippen molar-refractivity contribution in [2.45, 2.75) is 63.3 Å². The van der Waals surface area contributed by atoms with E-state index in [9.17, 15) is 9.90 Å². The molecule has 1 aliphatic heterocycles. The molecule has 2 heterocycles. The summed E-state index contributed by atoms with van der Waals surface area (Å²) in [5, 5.41) is 9.48. The summed E-state index contributed by atoms with van der Waals surface area (Å²) in [5.41, 5.74) is 5.03. The van der Waals surface area contributed by atoms with Gasteiger partial charge in [0.2, 0.25) is 0 Å². The molecule has 1 saturated carbocycles. The zero-order chi connectivity index (χ0) is 16.5. The Bertz CT molecular complexity index is 726. The second-order valence-corrected chi connectivity index (χ2v) is 7.28. The van der Waals surface area contributed by atoms with Crippen LogP contribution in [0.1, 0.15) is 73.0 Å². The monoisotopic (exact) mass is 323 g/mol. The van der Waals surface area contributed by atoms with Crippen LogP contribution < -0.4 is 0 Å². The molecule has 1 aromatic carbocycles. The van der Waals surface area contributed by atoms with Crippen LogP contribution in [0, 0.1) is 0 Å². The molecule has 3 nitrogen and oxygen atoms in total. The molecule has 0 spiro atoms. The Balaban J connectivity index is 1.77. The predicted octanol–water partition coefficient (Wildman–Crippen LogP) is 4.70. The van der Waals surface area contributed by atoms with Crippen molar-refractivity contribution >= 4 is 5.97 Å². The summed E-state index contributed by atoms with van der Waals surface area (Å²) in [6.07, 6.45) is 8.59. The van der Waals surface area contributed by atoms with E-state index in [0.29, 0.717) is 12.0 Å². The third kappa shape index (κ3) is 2.77. The summed E-state index contributed by atoms with van der Waals surface area (Å²) in [5.74, 6) is -0.158. The van der Waals surface area contributed by atoms with Gasteiger partial charge in [-0.05, 0) is 48.8 Å². The minimum Gasteiger partial charge on any atom is -0.481 e. The van der Waals surface area contributed by atoms with Gasteiger partial charge in [-0.2, -0.15) is 0 Å². The van der Waals surface area contributed by atoms with Crippen molar-refractivity contribution in [2.24, 2.45) is 0 Å². The topological polar surface area (TPSA) is 42.2 Å². The first kappa shape index (κ1) is 15.5.